The van der Waals surface area contributed by atoms with Crippen molar-refractivity contribution in [3.8, 4) is 0 Å². The van der Waals surface area contributed by atoms with E-state index in [-0.39, 0.29) is 11.3 Å². The third-order valence-electron chi connectivity index (χ3n) is 3.87. The van der Waals surface area contributed by atoms with Crippen LogP contribution in [0, 0.1) is 22.0 Å². The van der Waals surface area contributed by atoms with Gasteiger partial charge in [-0.2, -0.15) is 0 Å². The monoisotopic (exact) mass is 262 g/mol. The number of aldehydes is 1. The van der Waals surface area contributed by atoms with E-state index in [1.807, 2.05) is 0 Å². The molecule has 102 valence electrons. The van der Waals surface area contributed by atoms with Crippen molar-refractivity contribution >= 4 is 17.7 Å². The zero-order valence-electron chi connectivity index (χ0n) is 11.2. The SMILES string of the molecule is CC(C)C1CCN(c2ccc([N+](=O)[O-])c(C=O)c2)C1. The molecule has 1 aliphatic heterocycles. The number of hydrogen-bond acceptors (Lipinski definition) is 4. The maximum atomic E-state index is 10.9. The fourth-order valence-corrected chi connectivity index (χ4v) is 2.57. The number of nitro groups is 1. The van der Waals surface area contributed by atoms with Gasteiger partial charge in [-0.25, -0.2) is 0 Å². The Bertz CT molecular complexity index is 499. The summed E-state index contributed by atoms with van der Waals surface area (Å²) in [5.41, 5.74) is 0.921. The number of rotatable bonds is 4. The molecule has 1 saturated heterocycles. The lowest BCUT2D eigenvalue weighted by Gasteiger charge is -2.20. The molecule has 0 aliphatic carbocycles. The van der Waals surface area contributed by atoms with Gasteiger partial charge < -0.3 is 4.90 Å². The predicted molar refractivity (Wildman–Crippen MR) is 73.6 cm³/mol. The largest absolute Gasteiger partial charge is 0.371 e. The molecule has 2 rings (SSSR count). The molecule has 0 radical (unpaired) electrons. The standard InChI is InChI=1S/C14H18N2O3/c1-10(2)11-5-6-15(8-11)13-3-4-14(16(18)19)12(7-13)9-17/h3-4,7,9-11H,5-6,8H2,1-2H3. The zero-order valence-corrected chi connectivity index (χ0v) is 11.2. The summed E-state index contributed by atoms with van der Waals surface area (Å²) in [5.74, 6) is 1.28. The molecule has 5 nitrogen and oxygen atoms in total. The molecule has 5 heteroatoms. The van der Waals surface area contributed by atoms with Crippen molar-refractivity contribution in [2.45, 2.75) is 20.3 Å². The summed E-state index contributed by atoms with van der Waals surface area (Å²) in [6, 6.07) is 4.77. The van der Waals surface area contributed by atoms with Crippen molar-refractivity contribution in [3.05, 3.63) is 33.9 Å². The van der Waals surface area contributed by atoms with Gasteiger partial charge in [-0.3, -0.25) is 14.9 Å². The average Bonchev–Trinajstić information content (AvgIpc) is 2.87. The molecule has 0 saturated carbocycles. The second kappa shape index (κ2) is 5.38. The summed E-state index contributed by atoms with van der Waals surface area (Å²) in [5, 5.41) is 10.8. The lowest BCUT2D eigenvalue weighted by molar-refractivity contribution is -0.385. The maximum Gasteiger partial charge on any atom is 0.280 e. The first kappa shape index (κ1) is 13.5. The van der Waals surface area contributed by atoms with Crippen LogP contribution in [-0.4, -0.2) is 24.3 Å². The number of nitro benzene ring substituents is 1. The molecule has 1 aromatic carbocycles. The Balaban J connectivity index is 2.23. The van der Waals surface area contributed by atoms with Gasteiger partial charge in [-0.1, -0.05) is 13.8 Å². The number of carbonyl (C=O) groups excluding carboxylic acids is 1. The third kappa shape index (κ3) is 2.75. The quantitative estimate of drug-likeness (QED) is 0.475. The second-order valence-corrected chi connectivity index (χ2v) is 5.36. The average molecular weight is 262 g/mol. The van der Waals surface area contributed by atoms with Gasteiger partial charge in [0.2, 0.25) is 0 Å². The Morgan fingerprint density at radius 3 is 2.74 bits per heavy atom. The van der Waals surface area contributed by atoms with Gasteiger partial charge in [0.05, 0.1) is 10.5 Å². The first-order valence-electron chi connectivity index (χ1n) is 6.51. The van der Waals surface area contributed by atoms with Gasteiger partial charge in [0, 0.05) is 24.8 Å². The number of nitrogens with zero attached hydrogens (tertiary/aromatic N) is 2. The molecule has 0 spiro atoms. The van der Waals surface area contributed by atoms with E-state index < -0.39 is 4.92 Å². The highest BCUT2D eigenvalue weighted by molar-refractivity contribution is 5.83. The molecule has 1 aliphatic rings. The Kier molecular flexibility index (Phi) is 3.83. The minimum absolute atomic E-state index is 0.127. The van der Waals surface area contributed by atoms with Crippen LogP contribution >= 0.6 is 0 Å². The molecule has 1 unspecified atom stereocenters. The molecule has 19 heavy (non-hydrogen) atoms. The van der Waals surface area contributed by atoms with E-state index in [1.54, 1.807) is 12.1 Å². The highest BCUT2D eigenvalue weighted by Gasteiger charge is 2.26. The van der Waals surface area contributed by atoms with E-state index >= 15 is 0 Å². The van der Waals surface area contributed by atoms with Crippen LogP contribution in [0.2, 0.25) is 0 Å². The molecular formula is C14H18N2O3. The van der Waals surface area contributed by atoms with Gasteiger partial charge in [0.15, 0.2) is 6.29 Å². The van der Waals surface area contributed by atoms with E-state index in [1.165, 1.54) is 6.07 Å². The van der Waals surface area contributed by atoms with Gasteiger partial charge in [-0.15, -0.1) is 0 Å². The summed E-state index contributed by atoms with van der Waals surface area (Å²) in [7, 11) is 0. The van der Waals surface area contributed by atoms with Crippen molar-refractivity contribution < 1.29 is 9.72 Å². The minimum atomic E-state index is -0.519. The first-order chi connectivity index (χ1) is 9.02. The van der Waals surface area contributed by atoms with Gasteiger partial charge in [0.1, 0.15) is 0 Å². The van der Waals surface area contributed by atoms with E-state index in [4.69, 9.17) is 0 Å². The molecule has 0 bridgehead atoms. The second-order valence-electron chi connectivity index (χ2n) is 5.36. The molecule has 0 N–H and O–H groups in total. The molecule has 1 heterocycles. The Morgan fingerprint density at radius 1 is 1.47 bits per heavy atom. The summed E-state index contributed by atoms with van der Waals surface area (Å²) >= 11 is 0. The van der Waals surface area contributed by atoms with E-state index in [0.717, 1.165) is 25.2 Å². The van der Waals surface area contributed by atoms with Gasteiger partial charge in [-0.05, 0) is 30.4 Å². The normalized spacial score (nSPS) is 18.9. The zero-order chi connectivity index (χ0) is 14.0. The lowest BCUT2D eigenvalue weighted by atomic mass is 9.95. The predicted octanol–water partition coefficient (Wildman–Crippen LogP) is 2.89. The molecule has 0 aromatic heterocycles. The van der Waals surface area contributed by atoms with Crippen molar-refractivity contribution in [2.24, 2.45) is 11.8 Å². The van der Waals surface area contributed by atoms with E-state index in [9.17, 15) is 14.9 Å². The van der Waals surface area contributed by atoms with Crippen molar-refractivity contribution in [1.29, 1.82) is 0 Å². The smallest absolute Gasteiger partial charge is 0.280 e. The third-order valence-corrected chi connectivity index (χ3v) is 3.87. The number of hydrogen-bond donors (Lipinski definition) is 0. The van der Waals surface area contributed by atoms with Crippen molar-refractivity contribution in [1.82, 2.24) is 0 Å². The summed E-state index contributed by atoms with van der Waals surface area (Å²) in [4.78, 5) is 23.4. The fourth-order valence-electron chi connectivity index (χ4n) is 2.57. The van der Waals surface area contributed by atoms with Crippen LogP contribution in [0.1, 0.15) is 30.6 Å². The van der Waals surface area contributed by atoms with E-state index in [2.05, 4.69) is 18.7 Å². The topological polar surface area (TPSA) is 63.4 Å². The van der Waals surface area contributed by atoms with Crippen LogP contribution in [0.5, 0.6) is 0 Å². The fraction of sp³-hybridized carbons (Fsp3) is 0.500. The summed E-state index contributed by atoms with van der Waals surface area (Å²) in [6.45, 7) is 6.31. The molecular weight excluding hydrogens is 244 g/mol. The van der Waals surface area contributed by atoms with Crippen LogP contribution in [-0.2, 0) is 0 Å². The first-order valence-corrected chi connectivity index (χ1v) is 6.51. The number of carbonyl (C=O) groups is 1. The molecule has 1 atom stereocenters. The van der Waals surface area contributed by atoms with Crippen molar-refractivity contribution in [2.75, 3.05) is 18.0 Å². The van der Waals surface area contributed by atoms with Crippen LogP contribution in [0.25, 0.3) is 0 Å². The number of benzene rings is 1. The maximum absolute atomic E-state index is 10.9. The lowest BCUT2D eigenvalue weighted by Crippen LogP contribution is -2.21. The summed E-state index contributed by atoms with van der Waals surface area (Å²) < 4.78 is 0. The highest BCUT2D eigenvalue weighted by Crippen LogP contribution is 2.30. The Labute approximate surface area is 112 Å². The molecule has 1 aromatic rings. The van der Waals surface area contributed by atoms with Crippen LogP contribution in [0.4, 0.5) is 11.4 Å². The summed E-state index contributed by atoms with van der Waals surface area (Å²) in [6.07, 6.45) is 1.68. The molecule has 1 fully saturated rings. The highest BCUT2D eigenvalue weighted by atomic mass is 16.6. The molecule has 0 amide bonds. The Hall–Kier alpha value is -1.91. The van der Waals surface area contributed by atoms with E-state index in [0.29, 0.717) is 18.1 Å². The van der Waals surface area contributed by atoms with Crippen LogP contribution < -0.4 is 4.90 Å². The number of anilines is 1. The minimum Gasteiger partial charge on any atom is -0.371 e. The Morgan fingerprint density at radius 2 is 2.21 bits per heavy atom. The van der Waals surface area contributed by atoms with Crippen molar-refractivity contribution in [3.63, 3.8) is 0 Å². The van der Waals surface area contributed by atoms with Crippen LogP contribution in [0.3, 0.4) is 0 Å². The van der Waals surface area contributed by atoms with Crippen LogP contribution in [0.15, 0.2) is 18.2 Å². The van der Waals surface area contributed by atoms with Gasteiger partial charge >= 0.3 is 0 Å². The van der Waals surface area contributed by atoms with Gasteiger partial charge in [0.25, 0.3) is 5.69 Å².